The monoisotopic (exact) mass is 598 g/mol. The van der Waals surface area contributed by atoms with E-state index in [0.29, 0.717) is 18.4 Å². The van der Waals surface area contributed by atoms with E-state index in [9.17, 15) is 9.59 Å². The third kappa shape index (κ3) is 7.65. The average molecular weight is 599 g/mol. The van der Waals surface area contributed by atoms with Crippen molar-refractivity contribution in [3.05, 3.63) is 96.1 Å². The number of esters is 2. The Balaban J connectivity index is 1.28. The molecule has 1 unspecified atom stereocenters. The van der Waals surface area contributed by atoms with Crippen molar-refractivity contribution < 1.29 is 23.5 Å². The van der Waals surface area contributed by atoms with Gasteiger partial charge in [0.2, 0.25) is 0 Å². The number of fused-ring (bicyclic) bond motifs is 1. The molecule has 5 rings (SSSR count). The van der Waals surface area contributed by atoms with Gasteiger partial charge in [-0.2, -0.15) is 0 Å². The Morgan fingerprint density at radius 1 is 0.907 bits per heavy atom. The summed E-state index contributed by atoms with van der Waals surface area (Å²) in [5.74, 6) is -0.321. The molecule has 5 atom stereocenters. The lowest BCUT2D eigenvalue weighted by atomic mass is 9.86. The summed E-state index contributed by atoms with van der Waals surface area (Å²) in [5.41, 5.74) is 4.01. The molecule has 0 amide bonds. The first-order chi connectivity index (χ1) is 20.5. The van der Waals surface area contributed by atoms with Crippen molar-refractivity contribution >= 4 is 20.3 Å². The first-order valence-electron chi connectivity index (χ1n) is 15.8. The van der Waals surface area contributed by atoms with Crippen LogP contribution in [0.5, 0.6) is 0 Å². The predicted molar refractivity (Wildman–Crippen MR) is 173 cm³/mol. The van der Waals surface area contributed by atoms with E-state index in [4.69, 9.17) is 13.9 Å². The number of hydrogen-bond acceptors (Lipinski definition) is 5. The predicted octanol–water partition coefficient (Wildman–Crippen LogP) is 8.63. The molecule has 1 heterocycles. The molecule has 0 spiro atoms. The minimum atomic E-state index is -2.00. The zero-order valence-corrected chi connectivity index (χ0v) is 27.3. The third-order valence-electron chi connectivity index (χ3n) is 9.83. The molecular formula is C37H46O5Si. The molecule has 2 fully saturated rings. The first-order valence-corrected chi connectivity index (χ1v) is 18.7. The van der Waals surface area contributed by atoms with Crippen molar-refractivity contribution in [3.8, 4) is 11.1 Å². The zero-order valence-electron chi connectivity index (χ0n) is 26.3. The van der Waals surface area contributed by atoms with Crippen molar-refractivity contribution in [2.45, 2.75) is 95.7 Å². The number of carbonyl (C=O) groups excluding carboxylic acids is 2. The van der Waals surface area contributed by atoms with E-state index in [0.717, 1.165) is 36.8 Å². The van der Waals surface area contributed by atoms with Gasteiger partial charge in [0.25, 0.3) is 0 Å². The van der Waals surface area contributed by atoms with E-state index in [1.165, 1.54) is 5.56 Å². The summed E-state index contributed by atoms with van der Waals surface area (Å²) in [4.78, 5) is 25.6. The van der Waals surface area contributed by atoms with Crippen LogP contribution in [0, 0.1) is 11.8 Å². The van der Waals surface area contributed by atoms with E-state index in [-0.39, 0.29) is 47.1 Å². The fraction of sp³-hybridized carbons (Fsp3) is 0.459. The molecule has 228 valence electrons. The maximum absolute atomic E-state index is 13.3. The molecule has 3 aromatic rings. The fourth-order valence-corrected chi connectivity index (χ4v) is 7.76. The van der Waals surface area contributed by atoms with Crippen LogP contribution in [-0.4, -0.2) is 38.6 Å². The lowest BCUT2D eigenvalue weighted by Gasteiger charge is -2.40. The number of ether oxygens (including phenoxy) is 2. The van der Waals surface area contributed by atoms with Crippen LogP contribution in [0.15, 0.2) is 84.9 Å². The van der Waals surface area contributed by atoms with E-state index in [1.54, 1.807) is 0 Å². The highest BCUT2D eigenvalue weighted by Crippen LogP contribution is 2.46. The Hall–Kier alpha value is -3.22. The molecule has 0 radical (unpaired) electrons. The van der Waals surface area contributed by atoms with Crippen LogP contribution < -0.4 is 0 Å². The fourth-order valence-electron chi connectivity index (χ4n) is 6.33. The Morgan fingerprint density at radius 3 is 2.19 bits per heavy atom. The largest absolute Gasteiger partial charge is 0.462 e. The maximum atomic E-state index is 13.3. The number of carbonyl (C=O) groups is 2. The van der Waals surface area contributed by atoms with Crippen LogP contribution in [0.2, 0.25) is 18.1 Å². The van der Waals surface area contributed by atoms with Gasteiger partial charge in [0.15, 0.2) is 8.32 Å². The van der Waals surface area contributed by atoms with Gasteiger partial charge in [-0.25, -0.2) is 4.79 Å². The van der Waals surface area contributed by atoms with Gasteiger partial charge in [0, 0.05) is 24.4 Å². The highest BCUT2D eigenvalue weighted by molar-refractivity contribution is 6.74. The molecule has 6 heteroatoms. The second kappa shape index (κ2) is 13.2. The molecule has 0 N–H and O–H groups in total. The van der Waals surface area contributed by atoms with Gasteiger partial charge in [0.1, 0.15) is 12.2 Å². The van der Waals surface area contributed by atoms with E-state index < -0.39 is 8.32 Å². The number of aryl methyl sites for hydroxylation is 1. The second-order valence-corrected chi connectivity index (χ2v) is 18.5. The smallest absolute Gasteiger partial charge is 0.338 e. The quantitative estimate of drug-likeness (QED) is 0.163. The molecular weight excluding hydrogens is 552 g/mol. The minimum absolute atomic E-state index is 0.0613. The van der Waals surface area contributed by atoms with Crippen LogP contribution in [0.1, 0.15) is 68.8 Å². The summed E-state index contributed by atoms with van der Waals surface area (Å²) < 4.78 is 18.8. The van der Waals surface area contributed by atoms with Gasteiger partial charge < -0.3 is 13.9 Å². The third-order valence-corrected chi connectivity index (χ3v) is 14.4. The molecule has 3 aromatic carbocycles. The molecule has 0 aromatic heterocycles. The van der Waals surface area contributed by atoms with Crippen molar-refractivity contribution in [1.82, 2.24) is 0 Å². The average Bonchev–Trinajstić information content (AvgIpc) is 3.50. The lowest BCUT2D eigenvalue weighted by molar-refractivity contribution is -0.141. The SMILES string of the molecule is CC(C)(C)[Si](C)(C)OC(CCc1ccccc1)CC[C@@H]1[C@H]2CC(=O)O[C@H]2C[C@H]1OC(=O)c1ccc(-c2ccccc2)cc1. The van der Waals surface area contributed by atoms with Crippen LogP contribution >= 0.6 is 0 Å². The molecule has 5 nitrogen and oxygen atoms in total. The van der Waals surface area contributed by atoms with E-state index in [1.807, 2.05) is 48.5 Å². The van der Waals surface area contributed by atoms with Crippen LogP contribution in [-0.2, 0) is 25.1 Å². The highest BCUT2D eigenvalue weighted by Gasteiger charge is 2.51. The van der Waals surface area contributed by atoms with Gasteiger partial charge in [-0.05, 0) is 72.6 Å². The number of rotatable bonds is 11. The Kier molecular flexibility index (Phi) is 9.57. The second-order valence-electron chi connectivity index (χ2n) is 13.8. The van der Waals surface area contributed by atoms with Gasteiger partial charge >= 0.3 is 11.9 Å². The van der Waals surface area contributed by atoms with Gasteiger partial charge in [-0.3, -0.25) is 4.79 Å². The molecule has 1 saturated heterocycles. The summed E-state index contributed by atoms with van der Waals surface area (Å²) in [5, 5.41) is 0.107. The molecule has 2 aliphatic rings. The van der Waals surface area contributed by atoms with Crippen LogP contribution in [0.3, 0.4) is 0 Å². The van der Waals surface area contributed by atoms with E-state index in [2.05, 4.69) is 70.3 Å². The van der Waals surface area contributed by atoms with Crippen molar-refractivity contribution in [2.24, 2.45) is 11.8 Å². The van der Waals surface area contributed by atoms with Crippen molar-refractivity contribution in [2.75, 3.05) is 0 Å². The Bertz CT molecular complexity index is 1360. The highest BCUT2D eigenvalue weighted by atomic mass is 28.4. The first kappa shape index (κ1) is 31.2. The number of hydrogen-bond donors (Lipinski definition) is 0. The number of benzene rings is 3. The lowest BCUT2D eigenvalue weighted by Crippen LogP contribution is -2.44. The van der Waals surface area contributed by atoms with Gasteiger partial charge in [-0.15, -0.1) is 0 Å². The summed E-state index contributed by atoms with van der Waals surface area (Å²) in [6, 6.07) is 28.3. The summed E-state index contributed by atoms with van der Waals surface area (Å²) in [6.07, 6.45) is 4.17. The van der Waals surface area contributed by atoms with Gasteiger partial charge in [-0.1, -0.05) is 93.6 Å². The summed E-state index contributed by atoms with van der Waals surface area (Å²) in [7, 11) is -2.00. The molecule has 1 saturated carbocycles. The van der Waals surface area contributed by atoms with E-state index >= 15 is 0 Å². The van der Waals surface area contributed by atoms with Crippen LogP contribution in [0.25, 0.3) is 11.1 Å². The molecule has 1 aliphatic carbocycles. The molecule has 1 aliphatic heterocycles. The van der Waals surface area contributed by atoms with Crippen molar-refractivity contribution in [1.29, 1.82) is 0 Å². The maximum Gasteiger partial charge on any atom is 0.338 e. The summed E-state index contributed by atoms with van der Waals surface area (Å²) in [6.45, 7) is 11.5. The Morgan fingerprint density at radius 2 is 1.53 bits per heavy atom. The zero-order chi connectivity index (χ0) is 30.6. The standard InChI is InChI=1S/C37H46O5Si/c1-37(2,3)43(4,5)42-30(21-16-26-12-8-6-9-13-26)22-23-31-32-24-35(38)40-34(32)25-33(31)41-36(39)29-19-17-28(18-20-29)27-14-10-7-11-15-27/h6-15,17-20,30-34H,16,21-25H2,1-5H3/t30?,31-,32-,33-,34+/m1/s1. The Labute approximate surface area is 258 Å². The van der Waals surface area contributed by atoms with Crippen molar-refractivity contribution in [3.63, 3.8) is 0 Å². The molecule has 43 heavy (non-hydrogen) atoms. The van der Waals surface area contributed by atoms with Crippen LogP contribution in [0.4, 0.5) is 0 Å². The summed E-state index contributed by atoms with van der Waals surface area (Å²) >= 11 is 0. The topological polar surface area (TPSA) is 61.8 Å². The minimum Gasteiger partial charge on any atom is -0.462 e. The normalized spacial score (nSPS) is 22.6. The molecule has 0 bridgehead atoms. The van der Waals surface area contributed by atoms with Gasteiger partial charge in [0.05, 0.1) is 12.0 Å².